The van der Waals surface area contributed by atoms with E-state index in [4.69, 9.17) is 11.6 Å². The number of nitrogens with one attached hydrogen (secondary N) is 1. The summed E-state index contributed by atoms with van der Waals surface area (Å²) in [5, 5.41) is 12.9. The summed E-state index contributed by atoms with van der Waals surface area (Å²) < 4.78 is 37.8. The Hall–Kier alpha value is -1.15. The van der Waals surface area contributed by atoms with Crippen molar-refractivity contribution in [2.45, 2.75) is 43.9 Å². The molecule has 0 saturated carbocycles. The number of rotatable bonds is 6. The lowest BCUT2D eigenvalue weighted by atomic mass is 9.85. The highest BCUT2D eigenvalue weighted by atomic mass is 35.5. The first-order valence-corrected chi connectivity index (χ1v) is 7.93. The van der Waals surface area contributed by atoms with Gasteiger partial charge in [-0.05, 0) is 31.2 Å². The van der Waals surface area contributed by atoms with Crippen molar-refractivity contribution in [2.24, 2.45) is 10.2 Å². The normalized spacial score (nSPS) is 16.6. The second-order valence-corrected chi connectivity index (χ2v) is 6.78. The lowest BCUT2D eigenvalue weighted by Gasteiger charge is -2.23. The Morgan fingerprint density at radius 2 is 2.00 bits per heavy atom. The fourth-order valence-electron chi connectivity index (χ4n) is 2.02. The van der Waals surface area contributed by atoms with Crippen LogP contribution in [0.15, 0.2) is 21.0 Å². The van der Waals surface area contributed by atoms with Crippen LogP contribution < -0.4 is 5.32 Å². The lowest BCUT2D eigenvalue weighted by Crippen LogP contribution is -2.41. The van der Waals surface area contributed by atoms with Gasteiger partial charge in [-0.1, -0.05) is 11.6 Å². The Balaban J connectivity index is 1.83. The molecule has 0 atom stereocenters. The molecule has 1 N–H and O–H groups in total. The van der Waals surface area contributed by atoms with Crippen LogP contribution in [0, 0.1) is 0 Å². The Kier molecular flexibility index (Phi) is 4.54. The average molecular weight is 354 g/mol. The van der Waals surface area contributed by atoms with E-state index in [-0.39, 0.29) is 25.3 Å². The van der Waals surface area contributed by atoms with E-state index in [2.05, 4.69) is 15.5 Å². The van der Waals surface area contributed by atoms with Crippen molar-refractivity contribution >= 4 is 28.8 Å². The molecule has 0 unspecified atom stereocenters. The van der Waals surface area contributed by atoms with Crippen LogP contribution in [0.5, 0.6) is 0 Å². The van der Waals surface area contributed by atoms with Crippen LogP contribution in [-0.4, -0.2) is 24.3 Å². The van der Waals surface area contributed by atoms with Gasteiger partial charge < -0.3 is 5.32 Å². The van der Waals surface area contributed by atoms with Crippen molar-refractivity contribution in [3.05, 3.63) is 21.3 Å². The Morgan fingerprint density at radius 1 is 1.36 bits per heavy atom. The highest BCUT2D eigenvalue weighted by Crippen LogP contribution is 2.47. The molecule has 1 aliphatic rings. The molecular formula is C13H15ClF3N3OS. The van der Waals surface area contributed by atoms with Gasteiger partial charge in [0, 0.05) is 18.3 Å². The highest BCUT2D eigenvalue weighted by molar-refractivity contribution is 7.08. The maximum absolute atomic E-state index is 12.6. The summed E-state index contributed by atoms with van der Waals surface area (Å²) in [6.45, 7) is 3.57. The summed E-state index contributed by atoms with van der Waals surface area (Å²) in [7, 11) is 0. The van der Waals surface area contributed by atoms with E-state index in [9.17, 15) is 18.0 Å². The molecule has 0 aromatic carbocycles. The van der Waals surface area contributed by atoms with E-state index in [1.54, 1.807) is 24.6 Å². The largest absolute Gasteiger partial charge is 0.437 e. The van der Waals surface area contributed by atoms with Crippen molar-refractivity contribution in [1.29, 1.82) is 0 Å². The van der Waals surface area contributed by atoms with Gasteiger partial charge in [0.05, 0.1) is 10.4 Å². The van der Waals surface area contributed by atoms with E-state index in [1.807, 2.05) is 0 Å². The van der Waals surface area contributed by atoms with Gasteiger partial charge in [-0.2, -0.15) is 24.5 Å². The number of alkyl halides is 3. The maximum Gasteiger partial charge on any atom is 0.437 e. The summed E-state index contributed by atoms with van der Waals surface area (Å²) in [5.74, 6) is -0.279. The molecule has 0 bridgehead atoms. The molecule has 1 aliphatic heterocycles. The SMILES string of the molecule is CC(C)(C(=O)NCCCC1(C(F)(F)F)N=N1)c1cscc1Cl. The summed E-state index contributed by atoms with van der Waals surface area (Å²) in [6.07, 6.45) is -4.57. The van der Waals surface area contributed by atoms with E-state index in [1.165, 1.54) is 11.3 Å². The summed E-state index contributed by atoms with van der Waals surface area (Å²) in [6, 6.07) is 0. The molecule has 0 fully saturated rings. The van der Waals surface area contributed by atoms with Gasteiger partial charge in [-0.3, -0.25) is 4.79 Å². The number of halogens is 4. The molecule has 0 radical (unpaired) electrons. The lowest BCUT2D eigenvalue weighted by molar-refractivity contribution is -0.165. The maximum atomic E-state index is 12.6. The third-order valence-electron chi connectivity index (χ3n) is 3.64. The molecule has 22 heavy (non-hydrogen) atoms. The zero-order valence-corrected chi connectivity index (χ0v) is 13.6. The molecule has 1 aromatic heterocycles. The second-order valence-electron chi connectivity index (χ2n) is 5.63. The van der Waals surface area contributed by atoms with Crippen LogP contribution >= 0.6 is 22.9 Å². The zero-order chi connectivity index (χ0) is 16.6. The van der Waals surface area contributed by atoms with Gasteiger partial charge in [0.1, 0.15) is 0 Å². The van der Waals surface area contributed by atoms with Crippen molar-refractivity contribution in [1.82, 2.24) is 5.32 Å². The van der Waals surface area contributed by atoms with Gasteiger partial charge in [-0.25, -0.2) is 0 Å². The topological polar surface area (TPSA) is 53.8 Å². The van der Waals surface area contributed by atoms with Crippen LogP contribution in [-0.2, 0) is 10.2 Å². The fraction of sp³-hybridized carbons (Fsp3) is 0.615. The van der Waals surface area contributed by atoms with Crippen LogP contribution in [0.2, 0.25) is 5.02 Å². The number of carbonyl (C=O) groups is 1. The zero-order valence-electron chi connectivity index (χ0n) is 12.0. The minimum absolute atomic E-state index is 0.132. The van der Waals surface area contributed by atoms with Crippen LogP contribution in [0.4, 0.5) is 13.2 Å². The van der Waals surface area contributed by atoms with Crippen molar-refractivity contribution in [2.75, 3.05) is 6.54 Å². The minimum atomic E-state index is -4.46. The summed E-state index contributed by atoms with van der Waals surface area (Å²) in [5.41, 5.74) is -2.38. The summed E-state index contributed by atoms with van der Waals surface area (Å²) >= 11 is 7.42. The molecule has 2 heterocycles. The number of thiophene rings is 1. The van der Waals surface area contributed by atoms with Gasteiger partial charge in [0.25, 0.3) is 5.66 Å². The first-order chi connectivity index (χ1) is 10.1. The molecule has 0 spiro atoms. The standard InChI is InChI=1S/C13H15ClF3N3OS/c1-11(2,8-6-22-7-9(8)14)10(21)18-5-3-4-12(19-20-12)13(15,16)17/h6-7H,3-5H2,1-2H3,(H,18,21). The molecule has 4 nitrogen and oxygen atoms in total. The molecule has 0 aliphatic carbocycles. The van der Waals surface area contributed by atoms with E-state index < -0.39 is 17.3 Å². The highest BCUT2D eigenvalue weighted by Gasteiger charge is 2.63. The van der Waals surface area contributed by atoms with E-state index in [0.717, 1.165) is 0 Å². The van der Waals surface area contributed by atoms with Crippen molar-refractivity contribution in [3.8, 4) is 0 Å². The first kappa shape index (κ1) is 17.2. The van der Waals surface area contributed by atoms with Crippen LogP contribution in [0.3, 0.4) is 0 Å². The van der Waals surface area contributed by atoms with Gasteiger partial charge in [-0.15, -0.1) is 10.2 Å². The quantitative estimate of drug-likeness (QED) is 0.762. The van der Waals surface area contributed by atoms with Crippen LogP contribution in [0.25, 0.3) is 0 Å². The number of amides is 1. The van der Waals surface area contributed by atoms with Crippen molar-refractivity contribution < 1.29 is 18.0 Å². The minimum Gasteiger partial charge on any atom is -0.355 e. The predicted octanol–water partition coefficient (Wildman–Crippen LogP) is 4.30. The molecule has 122 valence electrons. The summed E-state index contributed by atoms with van der Waals surface area (Å²) in [4.78, 5) is 12.2. The number of nitrogens with zero attached hydrogens (tertiary/aromatic N) is 2. The number of hydrogen-bond donors (Lipinski definition) is 1. The Labute approximate surface area is 134 Å². The molecule has 0 saturated heterocycles. The molecule has 1 amide bonds. The first-order valence-electron chi connectivity index (χ1n) is 6.61. The predicted molar refractivity (Wildman–Crippen MR) is 78.2 cm³/mol. The monoisotopic (exact) mass is 353 g/mol. The fourth-order valence-corrected chi connectivity index (χ4v) is 3.40. The van der Waals surface area contributed by atoms with Crippen LogP contribution in [0.1, 0.15) is 32.3 Å². The average Bonchev–Trinajstić information content (AvgIpc) is 3.09. The third-order valence-corrected chi connectivity index (χ3v) is 4.82. The second kappa shape index (κ2) is 5.81. The molecule has 1 aromatic rings. The third kappa shape index (κ3) is 3.27. The molecular weight excluding hydrogens is 339 g/mol. The Bertz CT molecular complexity index is 592. The molecule has 2 rings (SSSR count). The van der Waals surface area contributed by atoms with E-state index in [0.29, 0.717) is 10.6 Å². The molecule has 9 heteroatoms. The number of carbonyl (C=O) groups excluding carboxylic acids is 1. The van der Waals surface area contributed by atoms with Crippen molar-refractivity contribution in [3.63, 3.8) is 0 Å². The smallest absolute Gasteiger partial charge is 0.355 e. The Morgan fingerprint density at radius 3 is 2.45 bits per heavy atom. The van der Waals surface area contributed by atoms with Gasteiger partial charge in [0.2, 0.25) is 5.91 Å². The van der Waals surface area contributed by atoms with Gasteiger partial charge in [0.15, 0.2) is 0 Å². The van der Waals surface area contributed by atoms with Gasteiger partial charge >= 0.3 is 6.18 Å². The number of hydrogen-bond acceptors (Lipinski definition) is 4. The van der Waals surface area contributed by atoms with E-state index >= 15 is 0 Å².